The van der Waals surface area contributed by atoms with E-state index in [1.54, 1.807) is 19.1 Å². The molecular formula is C11H13ClO3. The summed E-state index contributed by atoms with van der Waals surface area (Å²) in [6.07, 6.45) is -0.550. The monoisotopic (exact) mass is 228 g/mol. The van der Waals surface area contributed by atoms with Crippen molar-refractivity contribution in [1.29, 1.82) is 0 Å². The predicted octanol–water partition coefficient (Wildman–Crippen LogP) is 2.42. The van der Waals surface area contributed by atoms with Crippen LogP contribution in [0.2, 0.25) is 5.02 Å². The summed E-state index contributed by atoms with van der Waals surface area (Å²) >= 11 is 5.73. The first-order valence-electron chi connectivity index (χ1n) is 4.57. The van der Waals surface area contributed by atoms with Crippen molar-refractivity contribution in [3.8, 4) is 0 Å². The quantitative estimate of drug-likeness (QED) is 0.743. The summed E-state index contributed by atoms with van der Waals surface area (Å²) in [5.74, 6) is -0.371. The minimum Gasteiger partial charge on any atom is -0.467 e. The van der Waals surface area contributed by atoms with Gasteiger partial charge < -0.3 is 9.47 Å². The Labute approximate surface area is 93.9 Å². The van der Waals surface area contributed by atoms with Crippen LogP contribution in [-0.2, 0) is 20.9 Å². The van der Waals surface area contributed by atoms with Crippen molar-refractivity contribution in [3.63, 3.8) is 0 Å². The number of rotatable bonds is 4. The molecule has 3 nitrogen and oxygen atoms in total. The third kappa shape index (κ3) is 3.90. The molecular weight excluding hydrogens is 216 g/mol. The highest BCUT2D eigenvalue weighted by molar-refractivity contribution is 6.30. The van der Waals surface area contributed by atoms with Gasteiger partial charge in [0, 0.05) is 5.02 Å². The van der Waals surface area contributed by atoms with Crippen LogP contribution in [0.5, 0.6) is 0 Å². The summed E-state index contributed by atoms with van der Waals surface area (Å²) in [5.41, 5.74) is 0.968. The predicted molar refractivity (Wildman–Crippen MR) is 57.7 cm³/mol. The van der Waals surface area contributed by atoms with Crippen molar-refractivity contribution in [3.05, 3.63) is 34.9 Å². The van der Waals surface area contributed by atoms with Crippen LogP contribution in [0.4, 0.5) is 0 Å². The van der Waals surface area contributed by atoms with Crippen LogP contribution in [0.3, 0.4) is 0 Å². The van der Waals surface area contributed by atoms with Gasteiger partial charge in [-0.3, -0.25) is 0 Å². The number of carbonyl (C=O) groups is 1. The molecule has 0 saturated carbocycles. The van der Waals surface area contributed by atoms with Crippen molar-refractivity contribution < 1.29 is 14.3 Å². The van der Waals surface area contributed by atoms with Crippen LogP contribution in [0, 0.1) is 0 Å². The second-order valence-corrected chi connectivity index (χ2v) is 3.54. The zero-order valence-electron chi connectivity index (χ0n) is 8.70. The fourth-order valence-electron chi connectivity index (χ4n) is 1.04. The molecule has 0 N–H and O–H groups in total. The van der Waals surface area contributed by atoms with Gasteiger partial charge >= 0.3 is 5.97 Å². The van der Waals surface area contributed by atoms with Crippen molar-refractivity contribution in [2.45, 2.75) is 19.6 Å². The average Bonchev–Trinajstić information content (AvgIpc) is 2.26. The molecule has 0 amide bonds. The highest BCUT2D eigenvalue weighted by Crippen LogP contribution is 2.11. The number of halogens is 1. The van der Waals surface area contributed by atoms with Gasteiger partial charge in [-0.2, -0.15) is 0 Å². The Hall–Kier alpha value is -1.06. The largest absolute Gasteiger partial charge is 0.467 e. The first kappa shape index (κ1) is 12.0. The summed E-state index contributed by atoms with van der Waals surface area (Å²) in [7, 11) is 1.34. The van der Waals surface area contributed by atoms with E-state index >= 15 is 0 Å². The Bertz CT molecular complexity index is 321. The van der Waals surface area contributed by atoms with Crippen molar-refractivity contribution in [1.82, 2.24) is 0 Å². The number of carbonyl (C=O) groups excluding carboxylic acids is 1. The number of ether oxygens (including phenoxy) is 2. The van der Waals surface area contributed by atoms with Gasteiger partial charge in [0.25, 0.3) is 0 Å². The summed E-state index contributed by atoms with van der Waals surface area (Å²) in [5, 5.41) is 0.680. The van der Waals surface area contributed by atoms with Gasteiger partial charge in [-0.25, -0.2) is 4.79 Å². The zero-order valence-corrected chi connectivity index (χ0v) is 9.45. The Morgan fingerprint density at radius 1 is 1.40 bits per heavy atom. The maximum absolute atomic E-state index is 11.0. The third-order valence-electron chi connectivity index (χ3n) is 1.95. The minimum atomic E-state index is -0.550. The molecule has 1 rings (SSSR count). The molecule has 0 radical (unpaired) electrons. The second kappa shape index (κ2) is 5.73. The lowest BCUT2D eigenvalue weighted by molar-refractivity contribution is -0.153. The molecule has 0 aliphatic carbocycles. The molecule has 0 spiro atoms. The van der Waals surface area contributed by atoms with E-state index in [0.717, 1.165) is 5.56 Å². The molecule has 4 heteroatoms. The lowest BCUT2D eigenvalue weighted by atomic mass is 10.2. The molecule has 1 aromatic carbocycles. The topological polar surface area (TPSA) is 35.5 Å². The number of hydrogen-bond donors (Lipinski definition) is 0. The molecule has 1 atom stereocenters. The molecule has 0 saturated heterocycles. The third-order valence-corrected chi connectivity index (χ3v) is 2.20. The molecule has 0 unspecified atom stereocenters. The molecule has 0 heterocycles. The SMILES string of the molecule is COC(=O)[C@H](C)OCc1ccc(Cl)cc1. The number of methoxy groups -OCH3 is 1. The van der Waals surface area contributed by atoms with Crippen molar-refractivity contribution in [2.75, 3.05) is 7.11 Å². The molecule has 1 aromatic rings. The highest BCUT2D eigenvalue weighted by atomic mass is 35.5. The Kier molecular flexibility index (Phi) is 4.59. The molecule has 82 valence electrons. The van der Waals surface area contributed by atoms with Gasteiger partial charge in [-0.15, -0.1) is 0 Å². The number of hydrogen-bond acceptors (Lipinski definition) is 3. The lowest BCUT2D eigenvalue weighted by Gasteiger charge is -2.10. The van der Waals surface area contributed by atoms with E-state index in [0.29, 0.717) is 11.6 Å². The van der Waals surface area contributed by atoms with E-state index < -0.39 is 6.10 Å². The van der Waals surface area contributed by atoms with Gasteiger partial charge in [0.05, 0.1) is 13.7 Å². The van der Waals surface area contributed by atoms with Gasteiger partial charge in [0.2, 0.25) is 0 Å². The summed E-state index contributed by atoms with van der Waals surface area (Å²) < 4.78 is 9.84. The zero-order chi connectivity index (χ0) is 11.3. The molecule has 0 aliphatic rings. The highest BCUT2D eigenvalue weighted by Gasteiger charge is 2.12. The van der Waals surface area contributed by atoms with E-state index in [1.807, 2.05) is 12.1 Å². The van der Waals surface area contributed by atoms with E-state index in [4.69, 9.17) is 16.3 Å². The molecule has 0 aliphatic heterocycles. The number of benzene rings is 1. The first-order chi connectivity index (χ1) is 7.13. The van der Waals surface area contributed by atoms with Crippen LogP contribution in [0.25, 0.3) is 0 Å². The van der Waals surface area contributed by atoms with E-state index in [2.05, 4.69) is 4.74 Å². The van der Waals surface area contributed by atoms with Crippen LogP contribution >= 0.6 is 11.6 Å². The van der Waals surface area contributed by atoms with Gasteiger partial charge in [-0.1, -0.05) is 23.7 Å². The summed E-state index contributed by atoms with van der Waals surface area (Å²) in [4.78, 5) is 11.0. The summed E-state index contributed by atoms with van der Waals surface area (Å²) in [6, 6.07) is 7.27. The standard InChI is InChI=1S/C11H13ClO3/c1-8(11(13)14-2)15-7-9-3-5-10(12)6-4-9/h3-6,8H,7H2,1-2H3/t8-/m0/s1. The smallest absolute Gasteiger partial charge is 0.334 e. The number of esters is 1. The minimum absolute atomic E-state index is 0.368. The van der Waals surface area contributed by atoms with E-state index in [1.165, 1.54) is 7.11 Å². The van der Waals surface area contributed by atoms with Crippen LogP contribution < -0.4 is 0 Å². The normalized spacial score (nSPS) is 12.2. The molecule has 15 heavy (non-hydrogen) atoms. The van der Waals surface area contributed by atoms with Crippen molar-refractivity contribution in [2.24, 2.45) is 0 Å². The first-order valence-corrected chi connectivity index (χ1v) is 4.95. The Morgan fingerprint density at radius 2 is 2.00 bits per heavy atom. The molecule has 0 aromatic heterocycles. The molecule has 0 fully saturated rings. The Balaban J connectivity index is 2.43. The fraction of sp³-hybridized carbons (Fsp3) is 0.364. The van der Waals surface area contributed by atoms with Gasteiger partial charge in [0.15, 0.2) is 6.10 Å². The maximum atomic E-state index is 11.0. The van der Waals surface area contributed by atoms with Gasteiger partial charge in [0.1, 0.15) is 0 Å². The Morgan fingerprint density at radius 3 is 2.53 bits per heavy atom. The fourth-order valence-corrected chi connectivity index (χ4v) is 1.16. The van der Waals surface area contributed by atoms with Crippen LogP contribution in [-0.4, -0.2) is 19.2 Å². The maximum Gasteiger partial charge on any atom is 0.334 e. The van der Waals surface area contributed by atoms with E-state index in [-0.39, 0.29) is 5.97 Å². The summed E-state index contributed by atoms with van der Waals surface area (Å²) in [6.45, 7) is 2.02. The van der Waals surface area contributed by atoms with Crippen LogP contribution in [0.1, 0.15) is 12.5 Å². The lowest BCUT2D eigenvalue weighted by Crippen LogP contribution is -2.21. The van der Waals surface area contributed by atoms with Crippen LogP contribution in [0.15, 0.2) is 24.3 Å². The average molecular weight is 229 g/mol. The molecule has 0 bridgehead atoms. The van der Waals surface area contributed by atoms with Gasteiger partial charge in [-0.05, 0) is 24.6 Å². The van der Waals surface area contributed by atoms with E-state index in [9.17, 15) is 4.79 Å². The second-order valence-electron chi connectivity index (χ2n) is 3.10. The van der Waals surface area contributed by atoms with Crippen molar-refractivity contribution >= 4 is 17.6 Å².